The van der Waals surface area contributed by atoms with Crippen molar-refractivity contribution in [1.29, 1.82) is 0 Å². The van der Waals surface area contributed by atoms with E-state index in [1.807, 2.05) is 19.1 Å². The third kappa shape index (κ3) is 4.15. The second-order valence-electron chi connectivity index (χ2n) is 7.51. The van der Waals surface area contributed by atoms with Crippen molar-refractivity contribution in [3.8, 4) is 22.9 Å². The van der Waals surface area contributed by atoms with Crippen LogP contribution in [-0.4, -0.2) is 50.2 Å². The van der Waals surface area contributed by atoms with Crippen LogP contribution in [0, 0.1) is 6.92 Å². The molecule has 1 aliphatic heterocycles. The minimum Gasteiger partial charge on any atom is -0.493 e. The Morgan fingerprint density at radius 3 is 2.58 bits per heavy atom. The second kappa shape index (κ2) is 8.68. The fourth-order valence-corrected chi connectivity index (χ4v) is 5.32. The normalized spacial score (nSPS) is 17.5. The maximum Gasteiger partial charge on any atom is 0.243 e. The summed E-state index contributed by atoms with van der Waals surface area (Å²) in [4.78, 5) is 4.85. The summed E-state index contributed by atoms with van der Waals surface area (Å²) in [7, 11) is -0.461. The van der Waals surface area contributed by atoms with Gasteiger partial charge in [-0.3, -0.25) is 0 Å². The van der Waals surface area contributed by atoms with Crippen LogP contribution in [0.15, 0.2) is 51.9 Å². The zero-order valence-electron chi connectivity index (χ0n) is 17.7. The van der Waals surface area contributed by atoms with Crippen LogP contribution in [0.25, 0.3) is 11.4 Å². The maximum atomic E-state index is 13.1. The first-order valence-corrected chi connectivity index (χ1v) is 11.5. The van der Waals surface area contributed by atoms with Crippen molar-refractivity contribution in [3.05, 3.63) is 53.9 Å². The van der Waals surface area contributed by atoms with Crippen molar-refractivity contribution >= 4 is 10.0 Å². The van der Waals surface area contributed by atoms with Crippen LogP contribution in [0.1, 0.15) is 30.2 Å². The molecule has 8 nitrogen and oxygen atoms in total. The number of piperidine rings is 1. The van der Waals surface area contributed by atoms with Gasteiger partial charge in [0.05, 0.1) is 30.6 Å². The molecule has 3 aromatic rings. The molecular formula is C22H25N3O5S. The van der Waals surface area contributed by atoms with E-state index in [0.29, 0.717) is 46.8 Å². The summed E-state index contributed by atoms with van der Waals surface area (Å²) < 4.78 is 44.0. The fourth-order valence-electron chi connectivity index (χ4n) is 3.80. The van der Waals surface area contributed by atoms with E-state index in [4.69, 9.17) is 14.0 Å². The van der Waals surface area contributed by atoms with E-state index in [9.17, 15) is 8.42 Å². The Bertz CT molecular complexity index is 1160. The Balaban J connectivity index is 1.58. The summed E-state index contributed by atoms with van der Waals surface area (Å²) in [6, 6.07) is 12.3. The van der Waals surface area contributed by atoms with Gasteiger partial charge in [0.25, 0.3) is 0 Å². The van der Waals surface area contributed by atoms with Gasteiger partial charge in [0, 0.05) is 13.1 Å². The van der Waals surface area contributed by atoms with Crippen LogP contribution >= 0.6 is 0 Å². The number of benzene rings is 2. The topological polar surface area (TPSA) is 94.8 Å². The van der Waals surface area contributed by atoms with Crippen molar-refractivity contribution in [2.45, 2.75) is 30.6 Å². The van der Waals surface area contributed by atoms with E-state index in [0.717, 1.165) is 18.4 Å². The molecule has 0 aliphatic carbocycles. The van der Waals surface area contributed by atoms with Crippen molar-refractivity contribution in [2.24, 2.45) is 0 Å². The third-order valence-electron chi connectivity index (χ3n) is 5.48. The molecule has 0 N–H and O–H groups in total. The molecule has 1 saturated heterocycles. The molecule has 0 saturated carbocycles. The molecule has 0 radical (unpaired) electrons. The number of ether oxygens (including phenoxy) is 2. The molecule has 31 heavy (non-hydrogen) atoms. The number of methoxy groups -OCH3 is 2. The van der Waals surface area contributed by atoms with E-state index in [2.05, 4.69) is 10.1 Å². The Kier molecular flexibility index (Phi) is 5.97. The van der Waals surface area contributed by atoms with Gasteiger partial charge >= 0.3 is 0 Å². The first kappa shape index (κ1) is 21.3. The largest absolute Gasteiger partial charge is 0.493 e. The lowest BCUT2D eigenvalue weighted by Gasteiger charge is -2.30. The van der Waals surface area contributed by atoms with E-state index >= 15 is 0 Å². The average molecular weight is 444 g/mol. The van der Waals surface area contributed by atoms with Gasteiger partial charge in [-0.1, -0.05) is 28.9 Å². The zero-order valence-corrected chi connectivity index (χ0v) is 18.6. The lowest BCUT2D eigenvalue weighted by atomic mass is 10.00. The number of para-hydroxylation sites is 1. The van der Waals surface area contributed by atoms with Gasteiger partial charge in [-0.05, 0) is 44.0 Å². The zero-order chi connectivity index (χ0) is 22.0. The van der Waals surface area contributed by atoms with Crippen LogP contribution in [0.5, 0.6) is 11.5 Å². The highest BCUT2D eigenvalue weighted by Gasteiger charge is 2.33. The summed E-state index contributed by atoms with van der Waals surface area (Å²) in [6.45, 7) is 2.70. The lowest BCUT2D eigenvalue weighted by molar-refractivity contribution is 0.265. The summed E-state index contributed by atoms with van der Waals surface area (Å²) >= 11 is 0. The molecular weight excluding hydrogens is 418 g/mol. The van der Waals surface area contributed by atoms with Gasteiger partial charge in [-0.15, -0.1) is 0 Å². The Hall–Kier alpha value is -2.91. The highest BCUT2D eigenvalue weighted by molar-refractivity contribution is 7.89. The summed E-state index contributed by atoms with van der Waals surface area (Å²) in [5.41, 5.74) is 1.67. The second-order valence-corrected chi connectivity index (χ2v) is 9.45. The van der Waals surface area contributed by atoms with Gasteiger partial charge < -0.3 is 14.0 Å². The molecule has 2 heterocycles. The highest BCUT2D eigenvalue weighted by Crippen LogP contribution is 2.37. The number of aryl methyl sites for hydroxylation is 1. The minimum atomic E-state index is -3.58. The van der Waals surface area contributed by atoms with Crippen molar-refractivity contribution < 1.29 is 22.4 Å². The van der Waals surface area contributed by atoms with E-state index in [-0.39, 0.29) is 5.92 Å². The van der Waals surface area contributed by atoms with Crippen molar-refractivity contribution in [3.63, 3.8) is 0 Å². The number of nitrogens with zero attached hydrogens (tertiary/aromatic N) is 3. The Labute approximate surface area is 181 Å². The predicted molar refractivity (Wildman–Crippen MR) is 115 cm³/mol. The average Bonchev–Trinajstić information content (AvgIpc) is 3.29. The van der Waals surface area contributed by atoms with Gasteiger partial charge in [0.2, 0.25) is 21.7 Å². The first-order chi connectivity index (χ1) is 14.9. The number of aromatic nitrogens is 2. The maximum absolute atomic E-state index is 13.1. The molecule has 1 aromatic heterocycles. The van der Waals surface area contributed by atoms with Crippen LogP contribution < -0.4 is 9.47 Å². The monoisotopic (exact) mass is 443 g/mol. The van der Waals surface area contributed by atoms with E-state index < -0.39 is 10.0 Å². The van der Waals surface area contributed by atoms with E-state index in [1.165, 1.54) is 4.31 Å². The molecule has 4 rings (SSSR count). The standard InChI is InChI=1S/C22H25N3O5S/c1-15-9-11-17(12-10-15)31(26,27)25-13-5-6-16(14-25)22-23-21(24-30-22)18-7-4-8-19(28-2)20(18)29-3/h4,7-12,16H,5-6,13-14H2,1-3H3/t16-/m1/s1. The number of hydrogen-bond acceptors (Lipinski definition) is 7. The summed E-state index contributed by atoms with van der Waals surface area (Å²) in [6.07, 6.45) is 1.49. The SMILES string of the molecule is COc1cccc(-c2noc([C@@H]3CCCN(S(=O)(=O)c4ccc(C)cc4)C3)n2)c1OC. The summed E-state index contributed by atoms with van der Waals surface area (Å²) in [5.74, 6) is 1.71. The minimum absolute atomic E-state index is 0.174. The molecule has 9 heteroatoms. The van der Waals surface area contributed by atoms with E-state index in [1.54, 1.807) is 44.6 Å². The molecule has 2 aromatic carbocycles. The summed E-state index contributed by atoms with van der Waals surface area (Å²) in [5, 5.41) is 4.11. The van der Waals surface area contributed by atoms with Crippen LogP contribution in [0.2, 0.25) is 0 Å². The van der Waals surface area contributed by atoms with Crippen LogP contribution in [0.4, 0.5) is 0 Å². The smallest absolute Gasteiger partial charge is 0.243 e. The molecule has 164 valence electrons. The Morgan fingerprint density at radius 2 is 1.87 bits per heavy atom. The van der Waals surface area contributed by atoms with Gasteiger partial charge in [0.1, 0.15) is 0 Å². The molecule has 0 bridgehead atoms. The fraction of sp³-hybridized carbons (Fsp3) is 0.364. The first-order valence-electron chi connectivity index (χ1n) is 10.1. The molecule has 1 fully saturated rings. The van der Waals surface area contributed by atoms with Crippen LogP contribution in [0.3, 0.4) is 0 Å². The molecule has 0 unspecified atom stereocenters. The molecule has 1 atom stereocenters. The van der Waals surface area contributed by atoms with Gasteiger partial charge in [0.15, 0.2) is 11.5 Å². The predicted octanol–water partition coefficient (Wildman–Crippen LogP) is 3.63. The quantitative estimate of drug-likeness (QED) is 0.574. The van der Waals surface area contributed by atoms with Crippen molar-refractivity contribution in [2.75, 3.05) is 27.3 Å². The van der Waals surface area contributed by atoms with Crippen molar-refractivity contribution in [1.82, 2.24) is 14.4 Å². The van der Waals surface area contributed by atoms with Gasteiger partial charge in [-0.25, -0.2) is 8.42 Å². The molecule has 0 amide bonds. The molecule has 0 spiro atoms. The highest BCUT2D eigenvalue weighted by atomic mass is 32.2. The molecule has 1 aliphatic rings. The van der Waals surface area contributed by atoms with Gasteiger partial charge in [-0.2, -0.15) is 9.29 Å². The van der Waals surface area contributed by atoms with Crippen LogP contribution in [-0.2, 0) is 10.0 Å². The Morgan fingerprint density at radius 1 is 1.10 bits per heavy atom. The number of hydrogen-bond donors (Lipinski definition) is 0. The third-order valence-corrected chi connectivity index (χ3v) is 7.36. The number of sulfonamides is 1. The number of rotatable bonds is 6. The lowest BCUT2D eigenvalue weighted by Crippen LogP contribution is -2.39.